The van der Waals surface area contributed by atoms with E-state index >= 15 is 0 Å². The first-order chi connectivity index (χ1) is 10.8. The highest BCUT2D eigenvalue weighted by molar-refractivity contribution is 5.67. The van der Waals surface area contributed by atoms with Gasteiger partial charge in [0.25, 0.3) is 0 Å². The molecule has 0 unspecified atom stereocenters. The maximum atomic E-state index is 11.5. The molecule has 1 amide bonds. The molecule has 0 saturated heterocycles. The van der Waals surface area contributed by atoms with Crippen LogP contribution in [0.2, 0.25) is 0 Å². The zero-order valence-electron chi connectivity index (χ0n) is 14.1. The molecule has 1 aromatic rings. The SMILES string of the molecule is CC(C)(C)OC(=O)NCCNC1CC(C#N)(c2ccccc2)C1. The summed E-state index contributed by atoms with van der Waals surface area (Å²) < 4.78 is 5.17. The fourth-order valence-corrected chi connectivity index (χ4v) is 2.83. The van der Waals surface area contributed by atoms with E-state index in [2.05, 4.69) is 16.7 Å². The van der Waals surface area contributed by atoms with E-state index in [1.807, 2.05) is 51.1 Å². The van der Waals surface area contributed by atoms with Crippen LogP contribution in [-0.2, 0) is 10.2 Å². The van der Waals surface area contributed by atoms with Gasteiger partial charge in [0.2, 0.25) is 0 Å². The Morgan fingerprint density at radius 2 is 1.96 bits per heavy atom. The van der Waals surface area contributed by atoms with Gasteiger partial charge in [-0.15, -0.1) is 0 Å². The zero-order chi connectivity index (χ0) is 16.9. The van der Waals surface area contributed by atoms with Crippen LogP contribution in [0.5, 0.6) is 0 Å². The maximum Gasteiger partial charge on any atom is 0.407 e. The molecule has 23 heavy (non-hydrogen) atoms. The third kappa shape index (κ3) is 4.70. The number of hydrogen-bond donors (Lipinski definition) is 2. The lowest BCUT2D eigenvalue weighted by molar-refractivity contribution is 0.0527. The number of benzene rings is 1. The summed E-state index contributed by atoms with van der Waals surface area (Å²) in [5, 5.41) is 15.6. The summed E-state index contributed by atoms with van der Waals surface area (Å²) in [6, 6.07) is 12.7. The Balaban J connectivity index is 1.68. The minimum absolute atomic E-state index is 0.315. The highest BCUT2D eigenvalue weighted by Crippen LogP contribution is 2.43. The van der Waals surface area contributed by atoms with E-state index < -0.39 is 11.7 Å². The van der Waals surface area contributed by atoms with Gasteiger partial charge >= 0.3 is 6.09 Å². The van der Waals surface area contributed by atoms with Gasteiger partial charge in [-0.05, 0) is 39.2 Å². The summed E-state index contributed by atoms with van der Waals surface area (Å²) in [7, 11) is 0. The van der Waals surface area contributed by atoms with Gasteiger partial charge in [-0.2, -0.15) is 5.26 Å². The topological polar surface area (TPSA) is 74.2 Å². The molecule has 1 aliphatic rings. The largest absolute Gasteiger partial charge is 0.444 e. The molecule has 2 N–H and O–H groups in total. The van der Waals surface area contributed by atoms with Crippen molar-refractivity contribution in [2.45, 2.75) is 50.7 Å². The van der Waals surface area contributed by atoms with Crippen molar-refractivity contribution in [2.75, 3.05) is 13.1 Å². The lowest BCUT2D eigenvalue weighted by Gasteiger charge is -2.43. The van der Waals surface area contributed by atoms with Crippen LogP contribution in [0, 0.1) is 11.3 Å². The third-order valence-corrected chi connectivity index (χ3v) is 3.96. The van der Waals surface area contributed by atoms with Gasteiger partial charge in [0.05, 0.1) is 11.5 Å². The summed E-state index contributed by atoms with van der Waals surface area (Å²) in [6.45, 7) is 6.69. The standard InChI is InChI=1S/C18H25N3O2/c1-17(2,3)23-16(22)21-10-9-20-15-11-18(12-15,13-19)14-7-5-4-6-8-14/h4-8,15,20H,9-12H2,1-3H3,(H,21,22). The second kappa shape index (κ2) is 7.01. The van der Waals surface area contributed by atoms with Crippen molar-refractivity contribution in [3.05, 3.63) is 35.9 Å². The summed E-state index contributed by atoms with van der Waals surface area (Å²) in [5.74, 6) is 0. The number of alkyl carbamates (subject to hydrolysis) is 1. The highest BCUT2D eigenvalue weighted by atomic mass is 16.6. The van der Waals surface area contributed by atoms with Gasteiger partial charge < -0.3 is 15.4 Å². The van der Waals surface area contributed by atoms with E-state index in [9.17, 15) is 10.1 Å². The smallest absolute Gasteiger partial charge is 0.407 e. The molecular formula is C18H25N3O2. The predicted octanol–water partition coefficient (Wildman–Crippen LogP) is 2.72. The predicted molar refractivity (Wildman–Crippen MR) is 89.0 cm³/mol. The number of amides is 1. The first-order valence-electron chi connectivity index (χ1n) is 8.02. The van der Waals surface area contributed by atoms with E-state index in [0.29, 0.717) is 19.1 Å². The van der Waals surface area contributed by atoms with E-state index in [0.717, 1.165) is 18.4 Å². The number of carbonyl (C=O) groups is 1. The molecule has 124 valence electrons. The molecule has 1 fully saturated rings. The van der Waals surface area contributed by atoms with Crippen molar-refractivity contribution in [1.29, 1.82) is 5.26 Å². The Bertz CT molecular complexity index is 566. The van der Waals surface area contributed by atoms with Crippen molar-refractivity contribution >= 4 is 6.09 Å². The molecule has 0 aliphatic heterocycles. The Hall–Kier alpha value is -2.06. The lowest BCUT2D eigenvalue weighted by atomic mass is 9.62. The normalized spacial score (nSPS) is 23.5. The Labute approximate surface area is 138 Å². The number of nitrogens with one attached hydrogen (secondary N) is 2. The molecule has 0 bridgehead atoms. The molecule has 5 heteroatoms. The first kappa shape index (κ1) is 17.3. The summed E-state index contributed by atoms with van der Waals surface area (Å²) in [4.78, 5) is 11.5. The molecular weight excluding hydrogens is 290 g/mol. The molecule has 0 spiro atoms. The Morgan fingerprint density at radius 3 is 2.52 bits per heavy atom. The molecule has 0 heterocycles. The molecule has 1 saturated carbocycles. The fraction of sp³-hybridized carbons (Fsp3) is 0.556. The quantitative estimate of drug-likeness (QED) is 0.819. The van der Waals surface area contributed by atoms with Crippen LogP contribution in [-0.4, -0.2) is 30.8 Å². The van der Waals surface area contributed by atoms with Gasteiger partial charge in [0, 0.05) is 19.1 Å². The van der Waals surface area contributed by atoms with Gasteiger partial charge in [-0.1, -0.05) is 30.3 Å². The maximum absolute atomic E-state index is 11.5. The summed E-state index contributed by atoms with van der Waals surface area (Å²) in [6.07, 6.45) is 1.21. The van der Waals surface area contributed by atoms with Gasteiger partial charge in [0.15, 0.2) is 0 Å². The van der Waals surface area contributed by atoms with Gasteiger partial charge in [-0.3, -0.25) is 0 Å². The number of carbonyl (C=O) groups excluding carboxylic acids is 1. The number of rotatable bonds is 5. The third-order valence-electron chi connectivity index (χ3n) is 3.96. The van der Waals surface area contributed by atoms with E-state index in [1.54, 1.807) is 0 Å². The number of hydrogen-bond acceptors (Lipinski definition) is 4. The van der Waals surface area contributed by atoms with Crippen LogP contribution < -0.4 is 10.6 Å². The number of nitrogens with zero attached hydrogens (tertiary/aromatic N) is 1. The van der Waals surface area contributed by atoms with E-state index in [-0.39, 0.29) is 5.41 Å². The van der Waals surface area contributed by atoms with Crippen LogP contribution >= 0.6 is 0 Å². The van der Waals surface area contributed by atoms with Gasteiger partial charge in [0.1, 0.15) is 5.60 Å². The summed E-state index contributed by atoms with van der Waals surface area (Å²) in [5.41, 5.74) is 0.248. The Kier molecular flexibility index (Phi) is 5.27. The molecule has 2 rings (SSSR count). The van der Waals surface area contributed by atoms with Crippen LogP contribution in [0.3, 0.4) is 0 Å². The minimum atomic E-state index is -0.479. The number of ether oxygens (including phenoxy) is 1. The first-order valence-corrected chi connectivity index (χ1v) is 8.02. The molecule has 1 aliphatic carbocycles. The fourth-order valence-electron chi connectivity index (χ4n) is 2.83. The van der Waals surface area contributed by atoms with Crippen molar-refractivity contribution in [1.82, 2.24) is 10.6 Å². The lowest BCUT2D eigenvalue weighted by Crippen LogP contribution is -2.52. The summed E-state index contributed by atoms with van der Waals surface area (Å²) >= 11 is 0. The van der Waals surface area contributed by atoms with Crippen molar-refractivity contribution in [3.8, 4) is 6.07 Å². The van der Waals surface area contributed by atoms with E-state index in [4.69, 9.17) is 4.74 Å². The second-order valence-electron chi connectivity index (χ2n) is 7.05. The average Bonchev–Trinajstić information content (AvgIpc) is 2.44. The van der Waals surface area contributed by atoms with Crippen molar-refractivity contribution in [2.24, 2.45) is 0 Å². The van der Waals surface area contributed by atoms with Crippen molar-refractivity contribution in [3.63, 3.8) is 0 Å². The minimum Gasteiger partial charge on any atom is -0.444 e. The van der Waals surface area contributed by atoms with Crippen molar-refractivity contribution < 1.29 is 9.53 Å². The molecule has 1 aromatic carbocycles. The number of nitriles is 1. The molecule has 0 aromatic heterocycles. The molecule has 0 atom stereocenters. The average molecular weight is 315 g/mol. The Morgan fingerprint density at radius 1 is 1.30 bits per heavy atom. The monoisotopic (exact) mass is 315 g/mol. The van der Waals surface area contributed by atoms with E-state index in [1.165, 1.54) is 0 Å². The van der Waals surface area contributed by atoms with Crippen LogP contribution in [0.1, 0.15) is 39.2 Å². The second-order valence-corrected chi connectivity index (χ2v) is 7.05. The zero-order valence-corrected chi connectivity index (χ0v) is 14.1. The van der Waals surface area contributed by atoms with Crippen LogP contribution in [0.25, 0.3) is 0 Å². The van der Waals surface area contributed by atoms with Gasteiger partial charge in [-0.25, -0.2) is 4.79 Å². The molecule has 5 nitrogen and oxygen atoms in total. The highest BCUT2D eigenvalue weighted by Gasteiger charge is 2.45. The van der Waals surface area contributed by atoms with Crippen LogP contribution in [0.4, 0.5) is 4.79 Å². The van der Waals surface area contributed by atoms with Crippen LogP contribution in [0.15, 0.2) is 30.3 Å². The molecule has 0 radical (unpaired) electrons.